The molecule has 0 bridgehead atoms. The summed E-state index contributed by atoms with van der Waals surface area (Å²) in [6.07, 6.45) is 1.30. The van der Waals surface area contributed by atoms with E-state index in [1.165, 1.54) is 50.5 Å². The van der Waals surface area contributed by atoms with E-state index in [4.69, 9.17) is 35.4 Å². The van der Waals surface area contributed by atoms with E-state index in [1.807, 2.05) is 12.1 Å². The van der Waals surface area contributed by atoms with Crippen LogP contribution in [0.3, 0.4) is 0 Å². The van der Waals surface area contributed by atoms with Gasteiger partial charge in [0.2, 0.25) is 0 Å². The van der Waals surface area contributed by atoms with Crippen LogP contribution in [0.25, 0.3) is 0 Å². The minimum absolute atomic E-state index is 0. The molecule has 1 atom stereocenters. The molecule has 0 saturated heterocycles. The fourth-order valence-corrected chi connectivity index (χ4v) is 5.38. The van der Waals surface area contributed by atoms with Crippen LogP contribution in [0, 0.1) is 17.5 Å². The molecule has 0 amide bonds. The number of esters is 4. The Bertz CT molecular complexity index is 2320. The number of hydrogen-bond acceptors (Lipinski definition) is 17. The second-order valence-corrected chi connectivity index (χ2v) is 15.2. The smallest absolute Gasteiger partial charge is 0.870 e. The summed E-state index contributed by atoms with van der Waals surface area (Å²) in [5.41, 5.74) is 8.84. The minimum atomic E-state index is -0.603. The topological polar surface area (TPSA) is 285 Å². The van der Waals surface area contributed by atoms with Crippen molar-refractivity contribution in [2.45, 2.75) is 116 Å². The maximum absolute atomic E-state index is 13.6. The van der Waals surface area contributed by atoms with Crippen LogP contribution in [0.1, 0.15) is 145 Å². The van der Waals surface area contributed by atoms with Gasteiger partial charge in [-0.05, 0) is 128 Å². The summed E-state index contributed by atoms with van der Waals surface area (Å²) in [4.78, 5) is 74.8. The van der Waals surface area contributed by atoms with Crippen molar-refractivity contribution >= 4 is 63.4 Å². The van der Waals surface area contributed by atoms with E-state index in [0.717, 1.165) is 10.0 Å². The van der Waals surface area contributed by atoms with Crippen LogP contribution in [0.5, 0.6) is 0 Å². The van der Waals surface area contributed by atoms with E-state index in [2.05, 4.69) is 25.8 Å². The molecule has 0 saturated carbocycles. The summed E-state index contributed by atoms with van der Waals surface area (Å²) in [6, 6.07) is 20.0. The van der Waals surface area contributed by atoms with E-state index < -0.39 is 29.5 Å². The Morgan fingerprint density at radius 1 is 0.597 bits per heavy atom. The Labute approximate surface area is 503 Å². The van der Waals surface area contributed by atoms with Crippen molar-refractivity contribution in [2.24, 2.45) is 10.9 Å². The first kappa shape index (κ1) is 85.9. The number of nitrogens with two attached hydrogens (primary N) is 1. The molecule has 17 nitrogen and oxygen atoms in total. The first-order valence-corrected chi connectivity index (χ1v) is 23.6. The molecule has 22 heteroatoms. The number of carbonyl (C=O) groups excluding carboxylic acids is 7. The standard InChI is InChI=1S/C12H14FNO3.C12H16FNO2.C12H13FO3.C8H7BrO.C5H7O3.2C2H6O.2CH4.K.H2O/c1-3-17-12(15)7-9-4-5-10(8(2)14-16)11(13)6-9;2*1-3-16-12(15)7-9-4-5-10(8(2)14)11(13)6-9;1-6(10)7-2-4-8(9)5-3-7;1-2-8-5(7)3-4-6;2*1-2-3;;;;/h4-6,16H,3,7H2,1-2H3;4-6,8H,3,7,14H2,1-2H3;4-6H,3,7H2,1-2H3;2-5H,1H3;2-3H2,1H3;2*3H,2H2,1H3;2*1H4;;1H2/q;;;;-1;;;;;+1;/p-1/b14-8-;;;;;;;;;;. The molecule has 4 aromatic carbocycles. The maximum atomic E-state index is 13.6. The van der Waals surface area contributed by atoms with Gasteiger partial charge in [0, 0.05) is 40.4 Å². The number of carbonyl (C=O) groups is 6. The number of Topliss-reactive ketones (excluding diaryl/α,β-unsaturated/α-hetero) is 2. The van der Waals surface area contributed by atoms with Crippen LogP contribution in [-0.4, -0.2) is 108 Å². The third-order valence-electron chi connectivity index (χ3n) is 8.28. The van der Waals surface area contributed by atoms with Gasteiger partial charge < -0.3 is 50.4 Å². The van der Waals surface area contributed by atoms with Gasteiger partial charge in [-0.25, -0.2) is 13.2 Å². The van der Waals surface area contributed by atoms with Crippen LogP contribution in [0.15, 0.2) is 88.5 Å². The summed E-state index contributed by atoms with van der Waals surface area (Å²) >= 11 is 3.28. The monoisotopic (exact) mass is 1180 g/mol. The number of nitrogens with zero attached hydrogens (tertiary/aromatic N) is 1. The van der Waals surface area contributed by atoms with Gasteiger partial charge in [-0.1, -0.05) is 78.8 Å². The van der Waals surface area contributed by atoms with E-state index in [1.54, 1.807) is 91.8 Å². The molecule has 4 rings (SSSR count). The van der Waals surface area contributed by atoms with Gasteiger partial charge >= 0.3 is 69.3 Å². The van der Waals surface area contributed by atoms with Crippen molar-refractivity contribution in [1.29, 1.82) is 0 Å². The molecular formula is C55H78BrF3KN2O15-. The van der Waals surface area contributed by atoms with Crippen molar-refractivity contribution in [2.75, 3.05) is 39.6 Å². The van der Waals surface area contributed by atoms with Crippen molar-refractivity contribution in [1.82, 2.24) is 0 Å². The second-order valence-electron chi connectivity index (χ2n) is 14.3. The molecule has 0 heterocycles. The fraction of sp³-hybridized carbons (Fsp3) is 0.418. The summed E-state index contributed by atoms with van der Waals surface area (Å²) in [7, 11) is 0. The number of hydrogen-bond donors (Lipinski definition) is 4. The van der Waals surface area contributed by atoms with Crippen LogP contribution < -0.4 is 57.1 Å². The number of benzene rings is 4. The summed E-state index contributed by atoms with van der Waals surface area (Å²) in [5, 5.41) is 26.6. The van der Waals surface area contributed by atoms with Gasteiger partial charge in [0.25, 0.3) is 5.97 Å². The molecule has 0 aromatic heterocycles. The molecule has 77 heavy (non-hydrogen) atoms. The van der Waals surface area contributed by atoms with Crippen molar-refractivity contribution < 1.29 is 138 Å². The molecule has 1 unspecified atom stereocenters. The average Bonchev–Trinajstić information content (AvgIpc) is 3.30. The van der Waals surface area contributed by atoms with E-state index in [9.17, 15) is 46.7 Å². The summed E-state index contributed by atoms with van der Waals surface area (Å²) < 4.78 is 60.1. The Kier molecular flexibility index (Phi) is 59.1. The van der Waals surface area contributed by atoms with Gasteiger partial charge in [0.15, 0.2) is 11.6 Å². The Morgan fingerprint density at radius 3 is 1.22 bits per heavy atom. The van der Waals surface area contributed by atoms with Crippen molar-refractivity contribution in [3.05, 3.63) is 140 Å². The molecule has 0 aliphatic carbocycles. The molecule has 6 N–H and O–H groups in total. The molecular weight excluding hydrogens is 1100 g/mol. The SMILES string of the molecule is C.C.CC(=O)c1ccc(Br)cc1.CCO.CCO.CCOC(=O)C[C-]=O.CCOC(=O)Cc1ccc(/C(C)=N\O)c(F)c1.CCOC(=O)Cc1ccc(C(C)=O)c(F)c1.CCOC(=O)Cc1ccc(C(C)N)c(F)c1.[K+].[OH-]. The van der Waals surface area contributed by atoms with Crippen molar-refractivity contribution in [3.8, 4) is 0 Å². The van der Waals surface area contributed by atoms with Gasteiger partial charge in [-0.3, -0.25) is 35.1 Å². The average molecular weight is 1180 g/mol. The van der Waals surface area contributed by atoms with Crippen molar-refractivity contribution in [3.63, 3.8) is 0 Å². The predicted molar refractivity (Wildman–Crippen MR) is 289 cm³/mol. The Morgan fingerprint density at radius 2 is 0.935 bits per heavy atom. The fourth-order valence-electron chi connectivity index (χ4n) is 5.11. The number of ketones is 2. The van der Waals surface area contributed by atoms with Gasteiger partial charge in [0.05, 0.1) is 57.0 Å². The minimum Gasteiger partial charge on any atom is -0.870 e. The quantitative estimate of drug-likeness (QED) is 0.0101. The molecule has 4 aromatic rings. The van der Waals surface area contributed by atoms with E-state index in [0.29, 0.717) is 48.7 Å². The molecule has 0 aliphatic heterocycles. The second kappa shape index (κ2) is 53.0. The largest absolute Gasteiger partial charge is 1.00 e. The number of oxime groups is 1. The van der Waals surface area contributed by atoms with Crippen LogP contribution in [0.4, 0.5) is 13.2 Å². The third-order valence-corrected chi connectivity index (χ3v) is 8.80. The molecule has 0 fully saturated rings. The first-order chi connectivity index (χ1) is 34.5. The zero-order valence-corrected chi connectivity index (χ0v) is 49.2. The number of aliphatic hydroxyl groups excluding tert-OH is 2. The van der Waals surface area contributed by atoms with Gasteiger partial charge in [-0.2, -0.15) is 0 Å². The number of aliphatic hydroxyl groups is 2. The molecule has 0 spiro atoms. The summed E-state index contributed by atoms with van der Waals surface area (Å²) in [6.45, 7) is 18.0. The third kappa shape index (κ3) is 42.7. The number of rotatable bonds is 16. The molecule has 428 valence electrons. The maximum Gasteiger partial charge on any atom is 1.00 e. The van der Waals surface area contributed by atoms with E-state index >= 15 is 0 Å². The van der Waals surface area contributed by atoms with E-state index in [-0.39, 0.29) is 157 Å². The van der Waals surface area contributed by atoms with Gasteiger partial charge in [-0.15, -0.1) is 0 Å². The normalized spacial score (nSPS) is 9.65. The van der Waals surface area contributed by atoms with Crippen LogP contribution in [-0.2, 0) is 62.2 Å². The zero-order chi connectivity index (χ0) is 56.5. The van der Waals surface area contributed by atoms with Gasteiger partial charge in [0.1, 0.15) is 17.5 Å². The molecule has 0 radical (unpaired) electrons. The summed E-state index contributed by atoms with van der Waals surface area (Å²) in [5.74, 6) is -3.40. The number of halogens is 4. The van der Waals surface area contributed by atoms with Crippen LogP contribution in [0.2, 0.25) is 0 Å². The van der Waals surface area contributed by atoms with Crippen LogP contribution >= 0.6 is 15.9 Å². The predicted octanol–water partition coefficient (Wildman–Crippen LogP) is 7.01. The zero-order valence-electron chi connectivity index (χ0n) is 44.5. The Hall–Kier alpha value is -5.01. The first-order valence-electron chi connectivity index (χ1n) is 22.8. The Balaban J connectivity index is -0.000000156. The number of ether oxygens (including phenoxy) is 4. The molecule has 0 aliphatic rings.